The minimum Gasteiger partial charge on any atom is -0.472 e. The van der Waals surface area contributed by atoms with Crippen molar-refractivity contribution in [2.75, 3.05) is 6.54 Å². The molecule has 0 unspecified atom stereocenters. The number of halogens is 3. The van der Waals surface area contributed by atoms with Crippen molar-refractivity contribution in [3.63, 3.8) is 0 Å². The van der Waals surface area contributed by atoms with Gasteiger partial charge >= 0.3 is 6.55 Å². The SMILES string of the molecule is CC1(S(=O)(=O)NC(=O)[C@@]23C[C@H]2/C=C\CCCCC[C@H](NC(=O)c2ccn(C(F)F)n2)C(=O)N2C[C@H](Oc4nc5cc(F)ccc5c5ccccc45)C[C@H]2C(=O)N3)CC1. The predicted molar refractivity (Wildman–Crippen MR) is 204 cm³/mol. The maximum atomic E-state index is 14.6. The number of sulfonamides is 1. The first-order valence-corrected chi connectivity index (χ1v) is 20.8. The smallest absolute Gasteiger partial charge is 0.333 e. The molecule has 18 heteroatoms. The molecule has 4 amide bonds. The van der Waals surface area contributed by atoms with Crippen molar-refractivity contribution in [1.29, 1.82) is 0 Å². The third kappa shape index (κ3) is 7.49. The highest BCUT2D eigenvalue weighted by Crippen LogP contribution is 2.47. The monoisotopic (exact) mass is 821 g/mol. The van der Waals surface area contributed by atoms with Crippen molar-refractivity contribution >= 4 is 55.3 Å². The van der Waals surface area contributed by atoms with Crippen LogP contribution in [0.25, 0.3) is 21.7 Å². The van der Waals surface area contributed by atoms with Crippen molar-refractivity contribution in [2.45, 2.75) is 99.7 Å². The summed E-state index contributed by atoms with van der Waals surface area (Å²) in [6, 6.07) is 10.1. The second kappa shape index (κ2) is 15.0. The number of aromatic nitrogens is 3. The first-order valence-electron chi connectivity index (χ1n) is 19.3. The Kier molecular flexibility index (Phi) is 10.2. The fourth-order valence-corrected chi connectivity index (χ4v) is 9.21. The van der Waals surface area contributed by atoms with Gasteiger partial charge in [0.1, 0.15) is 35.2 Å². The first-order chi connectivity index (χ1) is 27.7. The van der Waals surface area contributed by atoms with Crippen molar-refractivity contribution in [1.82, 2.24) is 35.0 Å². The van der Waals surface area contributed by atoms with E-state index in [9.17, 15) is 40.8 Å². The highest BCUT2D eigenvalue weighted by atomic mass is 32.2. The second-order valence-corrected chi connectivity index (χ2v) is 18.0. The van der Waals surface area contributed by atoms with E-state index in [-0.39, 0.29) is 37.4 Å². The molecule has 4 aromatic rings. The fraction of sp³-hybridized carbons (Fsp3) is 0.450. The molecule has 58 heavy (non-hydrogen) atoms. The van der Waals surface area contributed by atoms with E-state index in [0.717, 1.165) is 17.6 Å². The van der Waals surface area contributed by atoms with Crippen molar-refractivity contribution in [2.24, 2.45) is 5.92 Å². The number of nitrogens with one attached hydrogen (secondary N) is 3. The minimum absolute atomic E-state index is 0.0944. The Morgan fingerprint density at radius 3 is 2.55 bits per heavy atom. The predicted octanol–water partition coefficient (Wildman–Crippen LogP) is 4.66. The number of carbonyl (C=O) groups is 4. The average molecular weight is 822 g/mol. The Morgan fingerprint density at radius 2 is 1.81 bits per heavy atom. The van der Waals surface area contributed by atoms with Gasteiger partial charge in [-0.1, -0.05) is 43.2 Å². The van der Waals surface area contributed by atoms with E-state index in [1.54, 1.807) is 31.2 Å². The Balaban J connectivity index is 1.13. The van der Waals surface area contributed by atoms with E-state index in [1.807, 2.05) is 18.2 Å². The molecule has 3 fully saturated rings. The number of fused-ring (bicyclic) bond motifs is 5. The molecule has 4 aliphatic rings. The van der Waals surface area contributed by atoms with E-state index in [4.69, 9.17) is 4.74 Å². The summed E-state index contributed by atoms with van der Waals surface area (Å²) in [4.78, 5) is 62.2. The number of benzene rings is 2. The number of ether oxygens (including phenoxy) is 1. The Labute approximate surface area is 331 Å². The van der Waals surface area contributed by atoms with Gasteiger partial charge < -0.3 is 20.3 Å². The zero-order valence-electron chi connectivity index (χ0n) is 31.5. The maximum Gasteiger partial charge on any atom is 0.333 e. The highest BCUT2D eigenvalue weighted by molar-refractivity contribution is 7.91. The third-order valence-corrected chi connectivity index (χ3v) is 13.9. The van der Waals surface area contributed by atoms with Crippen LogP contribution in [0, 0.1) is 11.7 Å². The van der Waals surface area contributed by atoms with Crippen LogP contribution >= 0.6 is 0 Å². The standard InChI is InChI=1S/C40H42F3N7O7S/c1-39(16-17-39)58(55,56)48-37(54)40-21-23(40)9-5-3-2-4-6-12-30(44-33(51)29-15-18-50(47-29)38(42)43)36(53)49-22-25(20-32(49)34(52)46-40)57-35-28-11-8-7-10-26(28)27-14-13-24(41)19-31(27)45-35/h5,7-11,13-15,18-19,23,25,30,32,38H,2-4,6,12,16-17,20-22H2,1H3,(H,44,51)(H,46,52)(H,48,54)/b9-5-/t23-,25-,30+,32+,40-/m1/s1. The largest absolute Gasteiger partial charge is 0.472 e. The lowest BCUT2D eigenvalue weighted by molar-refractivity contribution is -0.141. The molecule has 2 aromatic heterocycles. The molecule has 306 valence electrons. The molecule has 4 heterocycles. The summed E-state index contributed by atoms with van der Waals surface area (Å²) in [5.74, 6) is -4.03. The summed E-state index contributed by atoms with van der Waals surface area (Å²) in [6.07, 6.45) is 7.14. The van der Waals surface area contributed by atoms with E-state index in [2.05, 4.69) is 25.4 Å². The summed E-state index contributed by atoms with van der Waals surface area (Å²) < 4.78 is 75.2. The molecule has 5 atom stereocenters. The molecule has 2 aliphatic carbocycles. The number of amides is 4. The van der Waals surface area contributed by atoms with E-state index >= 15 is 0 Å². The average Bonchev–Trinajstić information content (AvgIpc) is 3.96. The van der Waals surface area contributed by atoms with E-state index in [1.165, 1.54) is 17.0 Å². The van der Waals surface area contributed by atoms with Crippen molar-refractivity contribution in [3.8, 4) is 5.88 Å². The Morgan fingerprint density at radius 1 is 1.03 bits per heavy atom. The molecule has 2 aliphatic heterocycles. The molecule has 0 spiro atoms. The van der Waals surface area contributed by atoms with Crippen LogP contribution in [0.4, 0.5) is 13.2 Å². The number of hydrogen-bond donors (Lipinski definition) is 3. The maximum absolute atomic E-state index is 14.6. The molecular formula is C40H42F3N7O7S. The lowest BCUT2D eigenvalue weighted by atomic mass is 10.0. The molecule has 0 radical (unpaired) electrons. The van der Waals surface area contributed by atoms with Crippen LogP contribution in [-0.4, -0.2) is 86.7 Å². The van der Waals surface area contributed by atoms with E-state index < -0.39 is 80.4 Å². The van der Waals surface area contributed by atoms with Gasteiger partial charge in [0.2, 0.25) is 27.7 Å². The summed E-state index contributed by atoms with van der Waals surface area (Å²) >= 11 is 0. The van der Waals surface area contributed by atoms with Gasteiger partial charge in [0.15, 0.2) is 0 Å². The van der Waals surface area contributed by atoms with Crippen LogP contribution in [-0.2, 0) is 24.4 Å². The third-order valence-electron chi connectivity index (χ3n) is 11.7. The van der Waals surface area contributed by atoms with Crippen LogP contribution in [0.3, 0.4) is 0 Å². The van der Waals surface area contributed by atoms with Gasteiger partial charge in [-0.25, -0.2) is 22.5 Å². The number of nitrogens with zero attached hydrogens (tertiary/aromatic N) is 4. The summed E-state index contributed by atoms with van der Waals surface area (Å²) in [5.41, 5.74) is -1.63. The Hall–Kier alpha value is -5.52. The topological polar surface area (TPSA) is 182 Å². The molecule has 2 aromatic carbocycles. The van der Waals surface area contributed by atoms with E-state index in [0.29, 0.717) is 59.5 Å². The van der Waals surface area contributed by atoms with Gasteiger partial charge in [0, 0.05) is 35.4 Å². The molecule has 3 N–H and O–H groups in total. The lowest BCUT2D eigenvalue weighted by Gasteiger charge is -2.30. The fourth-order valence-electron chi connectivity index (χ4n) is 7.89. The summed E-state index contributed by atoms with van der Waals surface area (Å²) in [7, 11) is -4.06. The molecular weight excluding hydrogens is 780 g/mol. The van der Waals surface area contributed by atoms with Crippen molar-refractivity contribution < 1.29 is 45.5 Å². The highest BCUT2D eigenvalue weighted by Gasteiger charge is 2.63. The van der Waals surface area contributed by atoms with Crippen LogP contribution in [0.15, 0.2) is 66.9 Å². The Bertz CT molecular complexity index is 2460. The number of rotatable bonds is 8. The molecule has 14 nitrogen and oxygen atoms in total. The lowest BCUT2D eigenvalue weighted by Crippen LogP contribution is -2.58. The second-order valence-electron chi connectivity index (χ2n) is 15.8. The molecule has 0 bridgehead atoms. The van der Waals surface area contributed by atoms with Crippen LogP contribution in [0.1, 0.15) is 81.7 Å². The number of pyridine rings is 1. The van der Waals surface area contributed by atoms with Gasteiger partial charge in [0.05, 0.1) is 16.8 Å². The van der Waals surface area contributed by atoms with Gasteiger partial charge in [-0.15, -0.1) is 0 Å². The number of hydrogen-bond acceptors (Lipinski definition) is 9. The molecule has 2 saturated carbocycles. The molecule has 8 rings (SSSR count). The van der Waals surface area contributed by atoms with Crippen molar-refractivity contribution in [3.05, 3.63) is 78.4 Å². The van der Waals surface area contributed by atoms with Gasteiger partial charge in [-0.3, -0.25) is 23.9 Å². The van der Waals surface area contributed by atoms with Crippen LogP contribution in [0.2, 0.25) is 0 Å². The number of carbonyl (C=O) groups excluding carboxylic acids is 4. The zero-order valence-corrected chi connectivity index (χ0v) is 32.3. The minimum atomic E-state index is -4.06. The van der Waals surface area contributed by atoms with Crippen LogP contribution < -0.4 is 20.1 Å². The first kappa shape index (κ1) is 39.3. The summed E-state index contributed by atoms with van der Waals surface area (Å²) in [5, 5.41) is 11.1. The van der Waals surface area contributed by atoms with Gasteiger partial charge in [-0.2, -0.15) is 13.9 Å². The quantitative estimate of drug-likeness (QED) is 0.168. The van der Waals surface area contributed by atoms with Crippen LogP contribution in [0.5, 0.6) is 5.88 Å². The molecule has 1 saturated heterocycles. The zero-order chi connectivity index (χ0) is 41.0. The van der Waals surface area contributed by atoms with Gasteiger partial charge in [0.25, 0.3) is 11.8 Å². The normalized spacial score (nSPS) is 26.5. The summed E-state index contributed by atoms with van der Waals surface area (Å²) in [6.45, 7) is -1.61. The number of allylic oxidation sites excluding steroid dienone is 1. The van der Waals surface area contributed by atoms with Gasteiger partial charge in [-0.05, 0) is 75.1 Å². The number of alkyl halides is 2.